The highest BCUT2D eigenvalue weighted by Gasteiger charge is 2.29. The monoisotopic (exact) mass is 241 g/mol. The van der Waals surface area contributed by atoms with Gasteiger partial charge in [-0.3, -0.25) is 0 Å². The van der Waals surface area contributed by atoms with Gasteiger partial charge in [0.15, 0.2) is 0 Å². The maximum Gasteiger partial charge on any atom is 0.129 e. The van der Waals surface area contributed by atoms with E-state index in [1.54, 1.807) is 6.92 Å². The second-order valence-electron chi connectivity index (χ2n) is 5.19. The molecule has 1 atom stereocenters. The summed E-state index contributed by atoms with van der Waals surface area (Å²) in [7, 11) is 0. The van der Waals surface area contributed by atoms with Crippen molar-refractivity contribution < 1.29 is 13.5 Å². The molecule has 2 rings (SSSR count). The fraction of sp³-hybridized carbons (Fsp3) is 0.538. The van der Waals surface area contributed by atoms with E-state index in [1.165, 1.54) is 12.1 Å². The maximum atomic E-state index is 13.7. The van der Waals surface area contributed by atoms with Crippen molar-refractivity contribution >= 4 is 0 Å². The fourth-order valence-corrected chi connectivity index (χ4v) is 1.90. The maximum absolute atomic E-state index is 13.7. The highest BCUT2D eigenvalue weighted by Crippen LogP contribution is 2.27. The average Bonchev–Trinajstić information content (AvgIpc) is 2.24. The summed E-state index contributed by atoms with van der Waals surface area (Å²) in [6, 6.07) is 2.45. The van der Waals surface area contributed by atoms with E-state index >= 15 is 0 Å². The molecule has 1 saturated heterocycles. The number of ether oxygens (including phenoxy) is 1. The zero-order chi connectivity index (χ0) is 12.6. The number of aryl methyl sites for hydroxylation is 1. The van der Waals surface area contributed by atoms with E-state index in [4.69, 9.17) is 4.74 Å². The summed E-state index contributed by atoms with van der Waals surface area (Å²) in [5.74, 6) is -0.801. The van der Waals surface area contributed by atoms with Crippen LogP contribution in [0.2, 0.25) is 0 Å². The second kappa shape index (κ2) is 4.35. The van der Waals surface area contributed by atoms with Gasteiger partial charge in [0.2, 0.25) is 0 Å². The van der Waals surface area contributed by atoms with Gasteiger partial charge < -0.3 is 10.1 Å². The van der Waals surface area contributed by atoms with Crippen LogP contribution in [0.15, 0.2) is 12.1 Å². The summed E-state index contributed by atoms with van der Waals surface area (Å²) in [5.41, 5.74) is 0.488. The number of benzene rings is 1. The molecule has 0 aliphatic carbocycles. The van der Waals surface area contributed by atoms with Crippen molar-refractivity contribution in [1.29, 1.82) is 0 Å². The lowest BCUT2D eigenvalue weighted by molar-refractivity contribution is -0.0246. The van der Waals surface area contributed by atoms with Crippen molar-refractivity contribution in [3.8, 4) is 0 Å². The minimum atomic E-state index is -0.418. The van der Waals surface area contributed by atoms with Crippen LogP contribution in [0.4, 0.5) is 8.78 Å². The zero-order valence-electron chi connectivity index (χ0n) is 10.3. The third-order valence-corrected chi connectivity index (χ3v) is 3.04. The minimum Gasteiger partial charge on any atom is -0.370 e. The quantitative estimate of drug-likeness (QED) is 0.816. The van der Waals surface area contributed by atoms with Crippen LogP contribution in [0.1, 0.15) is 31.1 Å². The van der Waals surface area contributed by atoms with E-state index in [0.29, 0.717) is 18.7 Å². The van der Waals surface area contributed by atoms with Crippen LogP contribution in [0.5, 0.6) is 0 Å². The average molecular weight is 241 g/mol. The van der Waals surface area contributed by atoms with E-state index in [0.717, 1.165) is 0 Å². The molecule has 17 heavy (non-hydrogen) atoms. The molecular weight excluding hydrogens is 224 g/mol. The molecule has 1 aromatic rings. The number of morpholine rings is 1. The summed E-state index contributed by atoms with van der Waals surface area (Å²) in [6.45, 7) is 6.54. The van der Waals surface area contributed by atoms with Crippen LogP contribution in [0.3, 0.4) is 0 Å². The van der Waals surface area contributed by atoms with Gasteiger partial charge in [0.1, 0.15) is 11.6 Å². The zero-order valence-corrected chi connectivity index (χ0v) is 10.3. The fourth-order valence-electron chi connectivity index (χ4n) is 1.90. The predicted molar refractivity (Wildman–Crippen MR) is 61.9 cm³/mol. The SMILES string of the molecule is Cc1cc(F)c(C2CNC(C)(C)CO2)cc1F. The number of hydrogen-bond donors (Lipinski definition) is 1. The first-order valence-electron chi connectivity index (χ1n) is 5.71. The van der Waals surface area contributed by atoms with Gasteiger partial charge >= 0.3 is 0 Å². The van der Waals surface area contributed by atoms with Crippen molar-refractivity contribution in [2.75, 3.05) is 13.2 Å². The van der Waals surface area contributed by atoms with Gasteiger partial charge in [-0.1, -0.05) is 0 Å². The van der Waals surface area contributed by atoms with Gasteiger partial charge in [-0.2, -0.15) is 0 Å². The Morgan fingerprint density at radius 1 is 1.29 bits per heavy atom. The molecule has 1 N–H and O–H groups in total. The van der Waals surface area contributed by atoms with Gasteiger partial charge in [-0.05, 0) is 38.5 Å². The topological polar surface area (TPSA) is 21.3 Å². The van der Waals surface area contributed by atoms with Gasteiger partial charge in [0, 0.05) is 17.6 Å². The van der Waals surface area contributed by atoms with Crippen LogP contribution >= 0.6 is 0 Å². The van der Waals surface area contributed by atoms with Gasteiger partial charge in [-0.15, -0.1) is 0 Å². The molecule has 2 nitrogen and oxygen atoms in total. The molecule has 1 aliphatic heterocycles. The Hall–Kier alpha value is -1.00. The molecule has 1 aromatic carbocycles. The van der Waals surface area contributed by atoms with Gasteiger partial charge in [0.25, 0.3) is 0 Å². The Labute approximate surface area is 100.0 Å². The molecule has 0 radical (unpaired) electrons. The molecule has 1 heterocycles. The number of rotatable bonds is 1. The Morgan fingerprint density at radius 2 is 2.00 bits per heavy atom. The van der Waals surface area contributed by atoms with Gasteiger partial charge in [0.05, 0.1) is 12.7 Å². The standard InChI is InChI=1S/C13H17F2NO/c1-8-4-11(15)9(5-10(8)14)12-6-16-13(2,3)7-17-12/h4-5,12,16H,6-7H2,1-3H3. The summed E-state index contributed by atoms with van der Waals surface area (Å²) in [4.78, 5) is 0. The first kappa shape index (κ1) is 12.5. The van der Waals surface area contributed by atoms with Crippen molar-refractivity contribution in [2.45, 2.75) is 32.4 Å². The third kappa shape index (κ3) is 2.64. The molecule has 4 heteroatoms. The van der Waals surface area contributed by atoms with Crippen molar-refractivity contribution in [3.05, 3.63) is 34.9 Å². The number of nitrogens with one attached hydrogen (secondary N) is 1. The lowest BCUT2D eigenvalue weighted by atomic mass is 10.00. The van der Waals surface area contributed by atoms with Crippen LogP contribution in [-0.4, -0.2) is 18.7 Å². The van der Waals surface area contributed by atoms with E-state index < -0.39 is 17.7 Å². The second-order valence-corrected chi connectivity index (χ2v) is 5.19. The smallest absolute Gasteiger partial charge is 0.129 e. The molecular formula is C13H17F2NO. The lowest BCUT2D eigenvalue weighted by Gasteiger charge is -2.36. The Balaban J connectivity index is 2.21. The molecule has 0 bridgehead atoms. The van der Waals surface area contributed by atoms with Crippen LogP contribution < -0.4 is 5.32 Å². The number of halogens is 2. The Morgan fingerprint density at radius 3 is 2.59 bits per heavy atom. The van der Waals surface area contributed by atoms with E-state index in [2.05, 4.69) is 5.32 Å². The van der Waals surface area contributed by atoms with Crippen LogP contribution in [0, 0.1) is 18.6 Å². The molecule has 0 amide bonds. The van der Waals surface area contributed by atoms with E-state index in [-0.39, 0.29) is 11.1 Å². The molecule has 0 aromatic heterocycles. The molecule has 0 saturated carbocycles. The summed E-state index contributed by atoms with van der Waals surface area (Å²) in [6.07, 6.45) is -0.418. The predicted octanol–water partition coefficient (Wildman–Crippen LogP) is 2.71. The minimum absolute atomic E-state index is 0.115. The van der Waals surface area contributed by atoms with Gasteiger partial charge in [-0.25, -0.2) is 8.78 Å². The largest absolute Gasteiger partial charge is 0.370 e. The molecule has 94 valence electrons. The van der Waals surface area contributed by atoms with Crippen LogP contribution in [-0.2, 0) is 4.74 Å². The van der Waals surface area contributed by atoms with E-state index in [1.807, 2.05) is 13.8 Å². The summed E-state index contributed by atoms with van der Waals surface area (Å²) >= 11 is 0. The van der Waals surface area contributed by atoms with Crippen molar-refractivity contribution in [1.82, 2.24) is 5.32 Å². The number of hydrogen-bond acceptors (Lipinski definition) is 2. The summed E-state index contributed by atoms with van der Waals surface area (Å²) in [5, 5.41) is 3.25. The highest BCUT2D eigenvalue weighted by atomic mass is 19.1. The Kier molecular flexibility index (Phi) is 3.19. The van der Waals surface area contributed by atoms with Crippen LogP contribution in [0.25, 0.3) is 0 Å². The van der Waals surface area contributed by atoms with Crippen molar-refractivity contribution in [3.63, 3.8) is 0 Å². The lowest BCUT2D eigenvalue weighted by Crippen LogP contribution is -2.50. The molecule has 1 fully saturated rings. The normalized spacial score (nSPS) is 23.7. The molecule has 1 unspecified atom stereocenters. The molecule has 0 spiro atoms. The molecule has 1 aliphatic rings. The third-order valence-electron chi connectivity index (χ3n) is 3.04. The van der Waals surface area contributed by atoms with E-state index in [9.17, 15) is 8.78 Å². The first-order valence-corrected chi connectivity index (χ1v) is 5.71. The first-order chi connectivity index (χ1) is 7.89. The highest BCUT2D eigenvalue weighted by molar-refractivity contribution is 5.27. The summed E-state index contributed by atoms with van der Waals surface area (Å²) < 4.78 is 32.7. The Bertz CT molecular complexity index is 422. The van der Waals surface area contributed by atoms with Crippen molar-refractivity contribution in [2.24, 2.45) is 0 Å².